The van der Waals surface area contributed by atoms with Crippen LogP contribution in [0.15, 0.2) is 59.5 Å². The second-order valence-electron chi connectivity index (χ2n) is 8.76. The summed E-state index contributed by atoms with van der Waals surface area (Å²) in [5.74, 6) is -0.987. The van der Waals surface area contributed by atoms with Gasteiger partial charge in [-0.1, -0.05) is 22.4 Å². The summed E-state index contributed by atoms with van der Waals surface area (Å²) in [5.41, 5.74) is 0.685. The number of alkyl halides is 3. The van der Waals surface area contributed by atoms with E-state index in [9.17, 15) is 41.3 Å². The Morgan fingerprint density at radius 1 is 1.02 bits per heavy atom. The number of sulfonamides is 1. The van der Waals surface area contributed by atoms with Crippen LogP contribution >= 0.6 is 0 Å². The van der Waals surface area contributed by atoms with E-state index in [2.05, 4.69) is 9.94 Å². The molecule has 3 rings (SSSR count). The molecule has 0 unspecified atom stereocenters. The van der Waals surface area contributed by atoms with E-state index in [4.69, 9.17) is 9.47 Å². The Kier molecular flexibility index (Phi) is 10.1. The molecule has 0 aliphatic carbocycles. The molecule has 17 heteroatoms. The minimum Gasteiger partial charge on any atom is -0.434 e. The SMILES string of the molecule is CC(=O)N(COC(=O)OCCCCO[N+](=O)[O-])S(=O)(=O)c1ccc(-[n+]2[nH]c(C(F)(F)F)cc2-c2ccc(C)cc2)cc1. The van der Waals surface area contributed by atoms with Crippen LogP contribution in [0.3, 0.4) is 0 Å². The smallest absolute Gasteiger partial charge is 0.434 e. The summed E-state index contributed by atoms with van der Waals surface area (Å²) in [6.07, 6.45) is -5.57. The maximum absolute atomic E-state index is 13.5. The predicted molar refractivity (Wildman–Crippen MR) is 137 cm³/mol. The topological polar surface area (TPSA) is 162 Å². The molecule has 0 saturated heterocycles. The Bertz CT molecular complexity index is 1520. The lowest BCUT2D eigenvalue weighted by molar-refractivity contribution is -0.757. The third-order valence-corrected chi connectivity index (χ3v) is 7.51. The zero-order chi connectivity index (χ0) is 31.1. The van der Waals surface area contributed by atoms with Crippen molar-refractivity contribution < 1.29 is 55.3 Å². The molecule has 0 aliphatic heterocycles. The number of halogens is 3. The van der Waals surface area contributed by atoms with Gasteiger partial charge in [0.2, 0.25) is 17.3 Å². The number of carbonyl (C=O) groups excluding carboxylic acids is 2. The van der Waals surface area contributed by atoms with Crippen molar-refractivity contribution >= 4 is 22.1 Å². The maximum atomic E-state index is 13.5. The van der Waals surface area contributed by atoms with E-state index in [1.165, 1.54) is 12.1 Å². The summed E-state index contributed by atoms with van der Waals surface area (Å²) in [4.78, 5) is 37.7. The number of aryl methyl sites for hydroxylation is 1. The molecule has 0 fully saturated rings. The van der Waals surface area contributed by atoms with Crippen LogP contribution in [0.2, 0.25) is 0 Å². The lowest BCUT2D eigenvalue weighted by Gasteiger charge is -2.20. The quantitative estimate of drug-likeness (QED) is 0.0795. The van der Waals surface area contributed by atoms with Gasteiger partial charge < -0.3 is 14.3 Å². The van der Waals surface area contributed by atoms with Crippen LogP contribution in [0.1, 0.15) is 31.0 Å². The summed E-state index contributed by atoms with van der Waals surface area (Å²) < 4.78 is 77.6. The number of ether oxygens (including phenoxy) is 2. The molecule has 0 spiro atoms. The van der Waals surface area contributed by atoms with Crippen LogP contribution < -0.4 is 4.68 Å². The standard InChI is InChI=1S/C25H25F3N4O9S/c1-17-5-7-19(8-6-17)22-15-23(25(26,27)28)29-31(22)20-9-11-21(12-10-20)42(37,38)30(18(2)33)16-40-24(34)39-13-3-4-14-41-32(35)36/h5-12,15H,3-4,13-14,16H2,1-2H3/p+1. The minimum absolute atomic E-state index is 0.165. The molecule has 1 aromatic heterocycles. The van der Waals surface area contributed by atoms with Crippen molar-refractivity contribution in [1.82, 2.24) is 9.40 Å². The molecule has 42 heavy (non-hydrogen) atoms. The van der Waals surface area contributed by atoms with Crippen LogP contribution in [0, 0.1) is 17.0 Å². The van der Waals surface area contributed by atoms with Crippen LogP contribution in [0.25, 0.3) is 16.9 Å². The maximum Gasteiger partial charge on any atom is 0.510 e. The zero-order valence-electron chi connectivity index (χ0n) is 22.3. The van der Waals surface area contributed by atoms with Crippen molar-refractivity contribution in [3.8, 4) is 16.9 Å². The molecule has 13 nitrogen and oxygen atoms in total. The van der Waals surface area contributed by atoms with Crippen molar-refractivity contribution in [1.29, 1.82) is 0 Å². The summed E-state index contributed by atoms with van der Waals surface area (Å²) in [6.45, 7) is 1.33. The van der Waals surface area contributed by atoms with Gasteiger partial charge in [0, 0.05) is 30.7 Å². The van der Waals surface area contributed by atoms with Gasteiger partial charge in [0.1, 0.15) is 0 Å². The van der Waals surface area contributed by atoms with Gasteiger partial charge in [-0.15, -0.1) is 10.1 Å². The molecule has 0 saturated carbocycles. The first-order chi connectivity index (χ1) is 19.7. The molecule has 1 heterocycles. The minimum atomic E-state index is -4.68. The van der Waals surface area contributed by atoms with Crippen molar-refractivity contribution in [2.45, 2.75) is 37.8 Å². The van der Waals surface area contributed by atoms with Crippen molar-refractivity contribution in [2.24, 2.45) is 0 Å². The Labute approximate surface area is 237 Å². The number of nitrogens with zero attached hydrogens (tertiary/aromatic N) is 3. The fraction of sp³-hybridized carbons (Fsp3) is 0.320. The number of unbranched alkanes of at least 4 members (excludes halogenated alkanes) is 1. The number of amides is 1. The molecule has 0 aliphatic rings. The largest absolute Gasteiger partial charge is 0.510 e. The van der Waals surface area contributed by atoms with Crippen molar-refractivity contribution in [3.63, 3.8) is 0 Å². The highest BCUT2D eigenvalue weighted by molar-refractivity contribution is 7.89. The van der Waals surface area contributed by atoms with Gasteiger partial charge in [-0.25, -0.2) is 13.2 Å². The number of H-pyrrole nitrogens is 1. The lowest BCUT2D eigenvalue weighted by atomic mass is 10.1. The number of hydrogen-bond acceptors (Lipinski definition) is 9. The molecule has 0 atom stereocenters. The van der Waals surface area contributed by atoms with E-state index in [1.807, 2.05) is 6.92 Å². The number of nitrogens with one attached hydrogen (secondary N) is 1. The van der Waals surface area contributed by atoms with Gasteiger partial charge in [-0.3, -0.25) is 4.79 Å². The summed E-state index contributed by atoms with van der Waals surface area (Å²) >= 11 is 0. The number of aromatic nitrogens is 2. The van der Waals surface area contributed by atoms with Gasteiger partial charge in [0.25, 0.3) is 15.1 Å². The van der Waals surface area contributed by atoms with E-state index in [0.29, 0.717) is 5.56 Å². The first-order valence-electron chi connectivity index (χ1n) is 12.2. The lowest BCUT2D eigenvalue weighted by Crippen LogP contribution is -2.38. The molecule has 1 N–H and O–H groups in total. The van der Waals surface area contributed by atoms with E-state index in [-0.39, 0.29) is 41.7 Å². The number of benzene rings is 2. The Balaban J connectivity index is 1.76. The normalized spacial score (nSPS) is 11.5. The van der Waals surface area contributed by atoms with Crippen molar-refractivity contribution in [2.75, 3.05) is 19.9 Å². The fourth-order valence-electron chi connectivity index (χ4n) is 3.58. The first-order valence-corrected chi connectivity index (χ1v) is 13.6. The summed E-state index contributed by atoms with van der Waals surface area (Å²) in [6, 6.07) is 12.4. The number of rotatable bonds is 12. The highest BCUT2D eigenvalue weighted by atomic mass is 32.2. The Hall–Kier alpha value is -4.67. The summed E-state index contributed by atoms with van der Waals surface area (Å²) in [5, 5.41) is 11.4. The number of hydrogen-bond donors (Lipinski definition) is 1. The number of aromatic amines is 1. The van der Waals surface area contributed by atoms with Gasteiger partial charge in [0.05, 0.1) is 18.1 Å². The molecule has 1 amide bonds. The monoisotopic (exact) mass is 615 g/mol. The summed E-state index contributed by atoms with van der Waals surface area (Å²) in [7, 11) is -4.55. The Morgan fingerprint density at radius 3 is 2.21 bits per heavy atom. The van der Waals surface area contributed by atoms with E-state index >= 15 is 0 Å². The molecule has 3 aromatic rings. The molecule has 226 valence electrons. The van der Waals surface area contributed by atoms with Crippen LogP contribution in [-0.2, 0) is 35.3 Å². The van der Waals surface area contributed by atoms with Crippen molar-refractivity contribution in [3.05, 3.63) is 76.0 Å². The molecular weight excluding hydrogens is 589 g/mol. The third-order valence-electron chi connectivity index (χ3n) is 5.70. The predicted octanol–water partition coefficient (Wildman–Crippen LogP) is 3.92. The van der Waals surface area contributed by atoms with Crippen LogP contribution in [0.4, 0.5) is 18.0 Å². The third kappa shape index (κ3) is 8.18. The van der Waals surface area contributed by atoms with Gasteiger partial charge in [-0.05, 0) is 44.0 Å². The second kappa shape index (κ2) is 13.3. The highest BCUT2D eigenvalue weighted by Gasteiger charge is 2.38. The van der Waals surface area contributed by atoms with Gasteiger partial charge >= 0.3 is 12.3 Å². The fourth-order valence-corrected chi connectivity index (χ4v) is 4.84. The zero-order valence-corrected chi connectivity index (χ0v) is 23.1. The van der Waals surface area contributed by atoms with Gasteiger partial charge in [-0.2, -0.15) is 22.6 Å². The first kappa shape index (κ1) is 31.9. The molecule has 0 radical (unpaired) electrons. The second-order valence-corrected chi connectivity index (χ2v) is 10.6. The average molecular weight is 616 g/mol. The highest BCUT2D eigenvalue weighted by Crippen LogP contribution is 2.30. The van der Waals surface area contributed by atoms with Gasteiger partial charge in [0.15, 0.2) is 12.4 Å². The Morgan fingerprint density at radius 2 is 1.64 bits per heavy atom. The molecule has 0 bridgehead atoms. The van der Waals surface area contributed by atoms with E-state index in [1.54, 1.807) is 24.3 Å². The van der Waals surface area contributed by atoms with E-state index in [0.717, 1.165) is 35.4 Å². The van der Waals surface area contributed by atoms with Crippen LogP contribution in [0.5, 0.6) is 0 Å². The van der Waals surface area contributed by atoms with E-state index < -0.39 is 50.7 Å². The van der Waals surface area contributed by atoms with Crippen LogP contribution in [-0.4, -0.2) is 54.9 Å². The molecular formula is C25H26F3N4O9S+. The number of carbonyl (C=O) groups is 2. The average Bonchev–Trinajstić information content (AvgIpc) is 3.37. The molecule has 2 aromatic carbocycles.